The quantitative estimate of drug-likeness (QED) is 0.834. The van der Waals surface area contributed by atoms with Crippen LogP contribution < -0.4 is 0 Å². The maximum absolute atomic E-state index is 12.5. The van der Waals surface area contributed by atoms with E-state index in [0.29, 0.717) is 0 Å². The lowest BCUT2D eigenvalue weighted by Gasteiger charge is -2.29. The summed E-state index contributed by atoms with van der Waals surface area (Å²) in [5, 5.41) is 0. The number of hydrogen-bond acceptors (Lipinski definition) is 4. The van der Waals surface area contributed by atoms with Crippen LogP contribution in [0.25, 0.3) is 0 Å². The predicted molar refractivity (Wildman–Crippen MR) is 80.8 cm³/mol. The summed E-state index contributed by atoms with van der Waals surface area (Å²) >= 11 is 0. The van der Waals surface area contributed by atoms with E-state index in [2.05, 4.69) is 0 Å². The van der Waals surface area contributed by atoms with E-state index in [1.165, 1.54) is 20.2 Å². The van der Waals surface area contributed by atoms with Gasteiger partial charge in [0, 0.05) is 32.2 Å². The van der Waals surface area contributed by atoms with Gasteiger partial charge in [-0.25, -0.2) is 12.7 Å². The molecule has 21 heavy (non-hydrogen) atoms. The number of aryl methyl sites for hydroxylation is 1. The maximum Gasteiger partial charge on any atom is 0.290 e. The van der Waals surface area contributed by atoms with E-state index in [-0.39, 0.29) is 34.4 Å². The minimum absolute atomic E-state index is 0.00295. The topological polar surface area (TPSA) is 70.8 Å². The molecule has 0 atom stereocenters. The fraction of sp³-hybridized carbons (Fsp3) is 0.643. The van der Waals surface area contributed by atoms with Gasteiger partial charge in [0.05, 0.1) is 0 Å². The summed E-state index contributed by atoms with van der Waals surface area (Å²) in [6.07, 6.45) is 0. The molecule has 120 valence electrons. The molecule has 0 aliphatic rings. The molecule has 1 amide bonds. The molecule has 1 heterocycles. The zero-order valence-electron chi connectivity index (χ0n) is 13.7. The molecule has 0 N–H and O–H groups in total. The van der Waals surface area contributed by atoms with E-state index < -0.39 is 10.0 Å². The van der Waals surface area contributed by atoms with Crippen molar-refractivity contribution in [3.63, 3.8) is 0 Å². The van der Waals surface area contributed by atoms with Crippen molar-refractivity contribution in [3.05, 3.63) is 17.6 Å². The molecule has 1 rings (SSSR count). The van der Waals surface area contributed by atoms with Gasteiger partial charge in [-0.15, -0.1) is 0 Å². The Morgan fingerprint density at radius 3 is 2.00 bits per heavy atom. The summed E-state index contributed by atoms with van der Waals surface area (Å²) in [7, 11) is -0.733. The summed E-state index contributed by atoms with van der Waals surface area (Å²) in [6, 6.07) is 1.30. The van der Waals surface area contributed by atoms with E-state index in [0.717, 1.165) is 4.31 Å². The monoisotopic (exact) mass is 316 g/mol. The second-order valence-corrected chi connectivity index (χ2v) is 7.84. The fourth-order valence-corrected chi connectivity index (χ4v) is 3.27. The number of rotatable bonds is 5. The molecule has 0 aliphatic carbocycles. The summed E-state index contributed by atoms with van der Waals surface area (Å²) < 4.78 is 30.8. The molecule has 0 fully saturated rings. The van der Waals surface area contributed by atoms with Crippen molar-refractivity contribution in [3.8, 4) is 0 Å². The molecule has 0 radical (unpaired) electrons. The van der Waals surface area contributed by atoms with Gasteiger partial charge in [0.2, 0.25) is 10.0 Å². The van der Waals surface area contributed by atoms with E-state index in [4.69, 9.17) is 4.42 Å². The number of carbonyl (C=O) groups is 1. The molecule has 0 aromatic carbocycles. The summed E-state index contributed by atoms with van der Waals surface area (Å²) in [5.74, 6) is -0.0295. The summed E-state index contributed by atoms with van der Waals surface area (Å²) in [6.45, 7) is 9.18. The second-order valence-electron chi connectivity index (χ2n) is 5.72. The molecule has 0 spiro atoms. The zero-order valence-corrected chi connectivity index (χ0v) is 14.5. The number of nitrogens with zero attached hydrogens (tertiary/aromatic N) is 2. The highest BCUT2D eigenvalue weighted by Crippen LogP contribution is 2.24. The molecule has 0 aliphatic heterocycles. The standard InChI is InChI=1S/C14H24N2O4S/c1-9(2)16(10(3)4)14(17)12-8-13(11(5)20-12)21(18,19)15(6)7/h8-10H,1-7H3. The summed E-state index contributed by atoms with van der Waals surface area (Å²) in [4.78, 5) is 14.2. The molecular weight excluding hydrogens is 292 g/mol. The number of sulfonamides is 1. The lowest BCUT2D eigenvalue weighted by atomic mass is 10.2. The molecule has 1 aromatic heterocycles. The molecule has 0 bridgehead atoms. The van der Waals surface area contributed by atoms with Crippen LogP contribution in [0.4, 0.5) is 0 Å². The van der Waals surface area contributed by atoms with Crippen LogP contribution in [-0.4, -0.2) is 49.7 Å². The first-order chi connectivity index (χ1) is 9.50. The maximum atomic E-state index is 12.5. The van der Waals surface area contributed by atoms with Gasteiger partial charge in [0.15, 0.2) is 5.76 Å². The van der Waals surface area contributed by atoms with Crippen molar-refractivity contribution in [2.45, 2.75) is 51.6 Å². The van der Waals surface area contributed by atoms with Gasteiger partial charge < -0.3 is 9.32 Å². The van der Waals surface area contributed by atoms with Gasteiger partial charge in [-0.2, -0.15) is 0 Å². The van der Waals surface area contributed by atoms with Gasteiger partial charge >= 0.3 is 0 Å². The molecule has 6 nitrogen and oxygen atoms in total. The third-order valence-electron chi connectivity index (χ3n) is 3.19. The van der Waals surface area contributed by atoms with E-state index >= 15 is 0 Å². The van der Waals surface area contributed by atoms with Crippen molar-refractivity contribution in [1.29, 1.82) is 0 Å². The van der Waals surface area contributed by atoms with Crippen molar-refractivity contribution in [2.24, 2.45) is 0 Å². The fourth-order valence-electron chi connectivity index (χ4n) is 2.22. The molecule has 7 heteroatoms. The number of furan rings is 1. The van der Waals surface area contributed by atoms with E-state index in [9.17, 15) is 13.2 Å². The van der Waals surface area contributed by atoms with E-state index in [1.807, 2.05) is 27.7 Å². The van der Waals surface area contributed by atoms with Gasteiger partial charge in [0.1, 0.15) is 10.7 Å². The normalized spacial score (nSPS) is 12.5. The molecule has 0 saturated carbocycles. The number of carbonyl (C=O) groups excluding carboxylic acids is 1. The first kappa shape index (κ1) is 17.7. The van der Waals surface area contributed by atoms with Crippen LogP contribution in [0, 0.1) is 6.92 Å². The molecule has 0 unspecified atom stereocenters. The van der Waals surface area contributed by atoms with Crippen molar-refractivity contribution >= 4 is 15.9 Å². The zero-order chi connectivity index (χ0) is 16.5. The minimum atomic E-state index is -3.62. The van der Waals surface area contributed by atoms with Crippen LogP contribution >= 0.6 is 0 Å². The molecular formula is C14H24N2O4S. The van der Waals surface area contributed by atoms with Crippen LogP contribution in [0.5, 0.6) is 0 Å². The van der Waals surface area contributed by atoms with Gasteiger partial charge in [-0.05, 0) is 34.6 Å². The smallest absolute Gasteiger partial charge is 0.290 e. The lowest BCUT2D eigenvalue weighted by molar-refractivity contribution is 0.0609. The number of hydrogen-bond donors (Lipinski definition) is 0. The third-order valence-corrected chi connectivity index (χ3v) is 5.11. The number of amides is 1. The van der Waals surface area contributed by atoms with Crippen molar-refractivity contribution in [1.82, 2.24) is 9.21 Å². The SMILES string of the molecule is Cc1oc(C(=O)N(C(C)C)C(C)C)cc1S(=O)(=O)N(C)C. The van der Waals surface area contributed by atoms with Crippen molar-refractivity contribution < 1.29 is 17.6 Å². The Morgan fingerprint density at radius 2 is 1.62 bits per heavy atom. The van der Waals surface area contributed by atoms with Gasteiger partial charge in [-0.3, -0.25) is 4.79 Å². The predicted octanol–water partition coefficient (Wildman–Crippen LogP) is 2.10. The Hall–Kier alpha value is -1.34. The van der Waals surface area contributed by atoms with Crippen LogP contribution in [0.3, 0.4) is 0 Å². The van der Waals surface area contributed by atoms with Gasteiger partial charge in [0.25, 0.3) is 5.91 Å². The Kier molecular flexibility index (Phi) is 5.22. The Balaban J connectivity index is 3.27. The van der Waals surface area contributed by atoms with E-state index in [1.54, 1.807) is 11.8 Å². The highest BCUT2D eigenvalue weighted by atomic mass is 32.2. The van der Waals surface area contributed by atoms with Crippen LogP contribution in [0.2, 0.25) is 0 Å². The van der Waals surface area contributed by atoms with Crippen LogP contribution in [-0.2, 0) is 10.0 Å². The first-order valence-electron chi connectivity index (χ1n) is 6.85. The largest absolute Gasteiger partial charge is 0.455 e. The van der Waals surface area contributed by atoms with Crippen LogP contribution in [0.1, 0.15) is 44.0 Å². The Bertz CT molecular complexity index is 607. The highest BCUT2D eigenvalue weighted by molar-refractivity contribution is 7.89. The lowest BCUT2D eigenvalue weighted by Crippen LogP contribution is -2.41. The molecule has 0 saturated heterocycles. The second kappa shape index (κ2) is 6.19. The average molecular weight is 316 g/mol. The summed E-state index contributed by atoms with van der Waals surface area (Å²) in [5.41, 5.74) is 0. The Morgan fingerprint density at radius 1 is 1.14 bits per heavy atom. The van der Waals surface area contributed by atoms with Crippen molar-refractivity contribution in [2.75, 3.05) is 14.1 Å². The molecule has 1 aromatic rings. The highest BCUT2D eigenvalue weighted by Gasteiger charge is 2.29. The average Bonchev–Trinajstić information content (AvgIpc) is 2.70. The first-order valence-corrected chi connectivity index (χ1v) is 8.29. The van der Waals surface area contributed by atoms with Gasteiger partial charge in [-0.1, -0.05) is 0 Å². The minimum Gasteiger partial charge on any atom is -0.455 e. The Labute approximate surface area is 126 Å². The van der Waals surface area contributed by atoms with Crippen LogP contribution in [0.15, 0.2) is 15.4 Å². The third kappa shape index (κ3) is 3.47.